The van der Waals surface area contributed by atoms with Crippen molar-refractivity contribution in [3.8, 4) is 11.1 Å². The number of hydrogen-bond donors (Lipinski definition) is 1. The Morgan fingerprint density at radius 3 is 2.37 bits per heavy atom. The summed E-state index contributed by atoms with van der Waals surface area (Å²) >= 11 is 0.773. The highest BCUT2D eigenvalue weighted by molar-refractivity contribution is 7.12. The lowest BCUT2D eigenvalue weighted by atomic mass is 9.92. The first-order valence-electron chi connectivity index (χ1n) is 9.19. The number of nitrogens with zero attached hydrogens (tertiary/aromatic N) is 1. The number of anilines is 1. The zero-order chi connectivity index (χ0) is 21.5. The predicted octanol–water partition coefficient (Wildman–Crippen LogP) is 6.24. The Balaban J connectivity index is 1.65. The fourth-order valence-corrected chi connectivity index (χ4v) is 4.86. The van der Waals surface area contributed by atoms with E-state index in [9.17, 15) is 26.7 Å². The molecule has 0 aliphatic heterocycles. The highest BCUT2D eigenvalue weighted by atomic mass is 32.1. The predicted molar refractivity (Wildman–Crippen MR) is 104 cm³/mol. The molecule has 3 nitrogen and oxygen atoms in total. The van der Waals surface area contributed by atoms with E-state index in [2.05, 4.69) is 10.3 Å². The third kappa shape index (κ3) is 3.81. The fraction of sp³-hybridized carbons (Fsp3) is 0.238. The van der Waals surface area contributed by atoms with E-state index in [-0.39, 0.29) is 16.9 Å². The van der Waals surface area contributed by atoms with Gasteiger partial charge in [-0.3, -0.25) is 4.79 Å². The quantitative estimate of drug-likeness (QED) is 0.492. The topological polar surface area (TPSA) is 42.0 Å². The van der Waals surface area contributed by atoms with Crippen molar-refractivity contribution in [3.05, 3.63) is 69.0 Å². The number of nitrogens with one attached hydrogen (secondary N) is 1. The van der Waals surface area contributed by atoms with E-state index in [1.807, 2.05) is 0 Å². The van der Waals surface area contributed by atoms with Gasteiger partial charge in [-0.05, 0) is 55.5 Å². The van der Waals surface area contributed by atoms with Crippen molar-refractivity contribution >= 4 is 23.1 Å². The number of benzene rings is 1. The smallest absolute Gasteiger partial charge is 0.306 e. The van der Waals surface area contributed by atoms with Gasteiger partial charge in [0.15, 0.2) is 0 Å². The monoisotopic (exact) mass is 438 g/mol. The van der Waals surface area contributed by atoms with Crippen molar-refractivity contribution in [1.82, 2.24) is 4.98 Å². The molecule has 9 heteroatoms. The summed E-state index contributed by atoms with van der Waals surface area (Å²) in [6.45, 7) is 0. The van der Waals surface area contributed by atoms with Crippen LogP contribution in [0.4, 0.5) is 27.8 Å². The minimum absolute atomic E-state index is 0.0240. The van der Waals surface area contributed by atoms with Gasteiger partial charge in [-0.15, -0.1) is 11.3 Å². The summed E-state index contributed by atoms with van der Waals surface area (Å²) < 4.78 is 68.3. The number of rotatable bonds is 3. The number of carbonyl (C=O) groups excluding carboxylic acids is 1. The maximum absolute atomic E-state index is 13.7. The summed E-state index contributed by atoms with van der Waals surface area (Å²) in [6.07, 6.45) is -0.364. The Morgan fingerprint density at radius 1 is 1.03 bits per heavy atom. The van der Waals surface area contributed by atoms with E-state index in [1.165, 1.54) is 18.3 Å². The summed E-state index contributed by atoms with van der Waals surface area (Å²) in [6, 6.07) is 5.78. The second-order valence-electron chi connectivity index (χ2n) is 6.90. The van der Waals surface area contributed by atoms with Crippen LogP contribution in [0.15, 0.2) is 36.5 Å². The first-order chi connectivity index (χ1) is 14.3. The van der Waals surface area contributed by atoms with Crippen molar-refractivity contribution in [2.75, 3.05) is 5.32 Å². The maximum atomic E-state index is 13.7. The SMILES string of the molecule is O=C(Nc1ccc(-c2c(C(F)(F)F)sc3c2CCCC3)cn1)c1c(F)cccc1F. The number of carbonyl (C=O) groups is 1. The second-order valence-corrected chi connectivity index (χ2v) is 8.00. The van der Waals surface area contributed by atoms with E-state index in [0.29, 0.717) is 18.4 Å². The van der Waals surface area contributed by atoms with Crippen LogP contribution in [0.1, 0.15) is 38.5 Å². The number of pyridine rings is 1. The molecule has 0 saturated heterocycles. The molecule has 30 heavy (non-hydrogen) atoms. The Bertz CT molecular complexity index is 1090. The number of alkyl halides is 3. The highest BCUT2D eigenvalue weighted by Gasteiger charge is 2.39. The molecule has 0 saturated carbocycles. The van der Waals surface area contributed by atoms with Gasteiger partial charge in [0.1, 0.15) is 27.9 Å². The standard InChI is InChI=1S/C21H15F5N2OS/c22-13-5-3-6-14(23)18(13)20(29)28-16-9-8-11(10-27-16)17-12-4-1-2-7-15(12)30-19(17)21(24,25)26/h3,5-6,8-10H,1-2,4,7H2,(H,27,28,29). The Labute approximate surface area is 172 Å². The summed E-state index contributed by atoms with van der Waals surface area (Å²) in [5.74, 6) is -3.11. The molecule has 0 fully saturated rings. The molecule has 0 atom stereocenters. The van der Waals surface area contributed by atoms with E-state index in [4.69, 9.17) is 0 Å². The van der Waals surface area contributed by atoms with Crippen LogP contribution in [-0.4, -0.2) is 10.9 Å². The normalized spacial score (nSPS) is 13.8. The van der Waals surface area contributed by atoms with Gasteiger partial charge in [0.25, 0.3) is 5.91 Å². The molecule has 1 N–H and O–H groups in total. The van der Waals surface area contributed by atoms with Crippen LogP contribution in [0.5, 0.6) is 0 Å². The fourth-order valence-electron chi connectivity index (χ4n) is 3.58. The maximum Gasteiger partial charge on any atom is 0.426 e. The van der Waals surface area contributed by atoms with E-state index < -0.39 is 34.2 Å². The molecule has 1 aliphatic carbocycles. The minimum Gasteiger partial charge on any atom is -0.306 e. The number of aryl methyl sites for hydroxylation is 1. The average molecular weight is 438 g/mol. The van der Waals surface area contributed by atoms with Gasteiger partial charge in [0, 0.05) is 22.2 Å². The summed E-state index contributed by atoms with van der Waals surface area (Å²) in [5.41, 5.74) is 0.366. The Morgan fingerprint density at radius 2 is 1.73 bits per heavy atom. The number of halogens is 5. The number of fused-ring (bicyclic) bond motifs is 1. The molecule has 1 aromatic carbocycles. The van der Waals surface area contributed by atoms with Crippen LogP contribution in [0.25, 0.3) is 11.1 Å². The zero-order valence-electron chi connectivity index (χ0n) is 15.4. The largest absolute Gasteiger partial charge is 0.426 e. The second kappa shape index (κ2) is 7.79. The molecule has 0 bridgehead atoms. The lowest BCUT2D eigenvalue weighted by Gasteiger charge is -2.14. The molecule has 0 spiro atoms. The third-order valence-corrected chi connectivity index (χ3v) is 6.25. The zero-order valence-corrected chi connectivity index (χ0v) is 16.3. The molecular weight excluding hydrogens is 423 g/mol. The molecule has 2 aromatic heterocycles. The van der Waals surface area contributed by atoms with Crippen molar-refractivity contribution in [2.24, 2.45) is 0 Å². The summed E-state index contributed by atoms with van der Waals surface area (Å²) in [4.78, 5) is 16.3. The Hall–Kier alpha value is -2.81. The lowest BCUT2D eigenvalue weighted by molar-refractivity contribution is -0.133. The van der Waals surface area contributed by atoms with Crippen molar-refractivity contribution in [3.63, 3.8) is 0 Å². The first kappa shape index (κ1) is 20.5. The van der Waals surface area contributed by atoms with Gasteiger partial charge in [-0.25, -0.2) is 13.8 Å². The highest BCUT2D eigenvalue weighted by Crippen LogP contribution is 2.47. The van der Waals surface area contributed by atoms with E-state index in [1.54, 1.807) is 0 Å². The molecule has 1 aliphatic rings. The van der Waals surface area contributed by atoms with Crippen molar-refractivity contribution < 1.29 is 26.7 Å². The van der Waals surface area contributed by atoms with E-state index >= 15 is 0 Å². The summed E-state index contributed by atoms with van der Waals surface area (Å²) in [5, 5.41) is 2.27. The molecule has 4 rings (SSSR count). The Kier molecular flexibility index (Phi) is 5.31. The summed E-state index contributed by atoms with van der Waals surface area (Å²) in [7, 11) is 0. The van der Waals surface area contributed by atoms with Crippen LogP contribution in [-0.2, 0) is 19.0 Å². The molecule has 0 unspecified atom stereocenters. The molecule has 156 valence electrons. The van der Waals surface area contributed by atoms with Gasteiger partial charge in [-0.2, -0.15) is 13.2 Å². The van der Waals surface area contributed by atoms with Crippen LogP contribution < -0.4 is 5.32 Å². The molecule has 3 aromatic rings. The van der Waals surface area contributed by atoms with Gasteiger partial charge >= 0.3 is 6.18 Å². The number of thiophene rings is 1. The van der Waals surface area contributed by atoms with Crippen molar-refractivity contribution in [2.45, 2.75) is 31.9 Å². The van der Waals surface area contributed by atoms with Gasteiger partial charge in [-0.1, -0.05) is 6.07 Å². The number of amides is 1. The van der Waals surface area contributed by atoms with Gasteiger partial charge in [0.2, 0.25) is 0 Å². The molecule has 1 amide bonds. The number of hydrogen-bond acceptors (Lipinski definition) is 3. The van der Waals surface area contributed by atoms with Crippen molar-refractivity contribution in [1.29, 1.82) is 0 Å². The van der Waals surface area contributed by atoms with Crippen LogP contribution in [0.2, 0.25) is 0 Å². The average Bonchev–Trinajstić information content (AvgIpc) is 3.09. The van der Waals surface area contributed by atoms with E-state index in [0.717, 1.165) is 47.3 Å². The molecule has 2 heterocycles. The van der Waals surface area contributed by atoms with Crippen LogP contribution >= 0.6 is 11.3 Å². The van der Waals surface area contributed by atoms with Crippen LogP contribution in [0.3, 0.4) is 0 Å². The molecule has 0 radical (unpaired) electrons. The third-order valence-electron chi connectivity index (χ3n) is 4.91. The first-order valence-corrected chi connectivity index (χ1v) is 10.0. The lowest BCUT2D eigenvalue weighted by Crippen LogP contribution is -2.16. The van der Waals surface area contributed by atoms with Crippen LogP contribution in [0, 0.1) is 11.6 Å². The minimum atomic E-state index is -4.48. The van der Waals surface area contributed by atoms with Gasteiger partial charge < -0.3 is 5.32 Å². The number of aromatic nitrogens is 1. The molecular formula is C21H15F5N2OS. The van der Waals surface area contributed by atoms with Gasteiger partial charge in [0.05, 0.1) is 0 Å².